The summed E-state index contributed by atoms with van der Waals surface area (Å²) in [6.07, 6.45) is -1.25. The van der Waals surface area contributed by atoms with Crippen molar-refractivity contribution in [3.05, 3.63) is 60.2 Å². The maximum atomic E-state index is 10.5. The summed E-state index contributed by atoms with van der Waals surface area (Å²) in [5.41, 5.74) is 0.880. The third-order valence-corrected chi connectivity index (χ3v) is 3.23. The molecular weight excluding hydrogens is 240 g/mol. The first-order valence-corrected chi connectivity index (χ1v) is 6.01. The van der Waals surface area contributed by atoms with E-state index in [0.29, 0.717) is 0 Å². The molecule has 0 saturated carbocycles. The van der Waals surface area contributed by atoms with Crippen LogP contribution >= 0.6 is 0 Å². The van der Waals surface area contributed by atoms with Gasteiger partial charge in [0, 0.05) is 0 Å². The van der Waals surface area contributed by atoms with Crippen LogP contribution < -0.4 is 0 Å². The minimum atomic E-state index is -1.25. The normalized spacial score (nSPS) is 10.7. The lowest BCUT2D eigenvalue weighted by Gasteiger charge is -2.08. The molecule has 0 aliphatic carbocycles. The van der Waals surface area contributed by atoms with Crippen molar-refractivity contribution in [3.8, 4) is 0 Å². The number of fused-ring (bicyclic) bond motifs is 3. The van der Waals surface area contributed by atoms with Crippen molar-refractivity contribution in [3.63, 3.8) is 0 Å². The number of rotatable bonds is 2. The molecule has 3 rings (SSSR count). The highest BCUT2D eigenvalue weighted by molar-refractivity contribution is 6.08. The van der Waals surface area contributed by atoms with Crippen molar-refractivity contribution in [2.45, 2.75) is 6.61 Å². The molecule has 0 aromatic heterocycles. The average molecular weight is 252 g/mol. The van der Waals surface area contributed by atoms with Crippen LogP contribution in [0, 0.1) is 0 Å². The SMILES string of the molecule is O=C(O)OCc1cccc2c1ccc1ccccc12. The number of carbonyl (C=O) groups is 1. The third kappa shape index (κ3) is 2.10. The molecule has 0 spiro atoms. The fourth-order valence-electron chi connectivity index (χ4n) is 2.37. The van der Waals surface area contributed by atoms with Crippen molar-refractivity contribution in [2.75, 3.05) is 0 Å². The summed E-state index contributed by atoms with van der Waals surface area (Å²) >= 11 is 0. The summed E-state index contributed by atoms with van der Waals surface area (Å²) in [5, 5.41) is 13.1. The standard InChI is InChI=1S/C16H12O3/c17-16(18)19-10-12-5-3-7-15-13-6-2-1-4-11(13)8-9-14(12)15/h1-9H,10H2,(H,17,18). The summed E-state index contributed by atoms with van der Waals surface area (Å²) in [5.74, 6) is 0. The van der Waals surface area contributed by atoms with E-state index in [2.05, 4.69) is 16.9 Å². The second kappa shape index (κ2) is 4.61. The van der Waals surface area contributed by atoms with Crippen LogP contribution in [0.5, 0.6) is 0 Å². The van der Waals surface area contributed by atoms with Gasteiger partial charge in [0.25, 0.3) is 0 Å². The van der Waals surface area contributed by atoms with Gasteiger partial charge in [-0.15, -0.1) is 0 Å². The highest BCUT2D eigenvalue weighted by Gasteiger charge is 2.06. The molecule has 0 amide bonds. The maximum Gasteiger partial charge on any atom is 0.506 e. The zero-order chi connectivity index (χ0) is 13.2. The molecule has 3 nitrogen and oxygen atoms in total. The number of ether oxygens (including phenoxy) is 1. The molecule has 3 heteroatoms. The van der Waals surface area contributed by atoms with Gasteiger partial charge in [0.1, 0.15) is 6.61 Å². The molecule has 3 aromatic carbocycles. The van der Waals surface area contributed by atoms with E-state index in [1.54, 1.807) is 0 Å². The smallest absolute Gasteiger partial charge is 0.450 e. The quantitative estimate of drug-likeness (QED) is 0.549. The van der Waals surface area contributed by atoms with Crippen LogP contribution in [0.1, 0.15) is 5.56 Å². The van der Waals surface area contributed by atoms with Crippen LogP contribution in [0.4, 0.5) is 4.79 Å². The average Bonchev–Trinajstić information content (AvgIpc) is 2.44. The van der Waals surface area contributed by atoms with Gasteiger partial charge in [-0.1, -0.05) is 54.6 Å². The molecule has 94 valence electrons. The van der Waals surface area contributed by atoms with Gasteiger partial charge in [-0.3, -0.25) is 0 Å². The molecule has 0 radical (unpaired) electrons. The first-order chi connectivity index (χ1) is 9.25. The Kier molecular flexibility index (Phi) is 2.80. The van der Waals surface area contributed by atoms with E-state index in [-0.39, 0.29) is 6.61 Å². The van der Waals surface area contributed by atoms with Gasteiger partial charge < -0.3 is 9.84 Å². The highest BCUT2D eigenvalue weighted by Crippen LogP contribution is 2.27. The lowest BCUT2D eigenvalue weighted by Crippen LogP contribution is -2.00. The minimum Gasteiger partial charge on any atom is -0.450 e. The highest BCUT2D eigenvalue weighted by atomic mass is 16.7. The van der Waals surface area contributed by atoms with E-state index in [1.807, 2.05) is 42.5 Å². The van der Waals surface area contributed by atoms with Crippen LogP contribution in [0.25, 0.3) is 21.5 Å². The Labute approximate surface area is 110 Å². The fourth-order valence-corrected chi connectivity index (χ4v) is 2.37. The Morgan fingerprint density at radius 3 is 2.53 bits per heavy atom. The first kappa shape index (κ1) is 11.5. The van der Waals surface area contributed by atoms with Crippen LogP contribution in [0.3, 0.4) is 0 Å². The van der Waals surface area contributed by atoms with E-state index < -0.39 is 6.16 Å². The zero-order valence-corrected chi connectivity index (χ0v) is 10.2. The van der Waals surface area contributed by atoms with Crippen molar-refractivity contribution >= 4 is 27.7 Å². The molecule has 0 aliphatic heterocycles. The first-order valence-electron chi connectivity index (χ1n) is 6.01. The van der Waals surface area contributed by atoms with Gasteiger partial charge in [0.05, 0.1) is 0 Å². The van der Waals surface area contributed by atoms with Gasteiger partial charge in [-0.05, 0) is 27.1 Å². The molecule has 0 saturated heterocycles. The van der Waals surface area contributed by atoms with E-state index in [1.165, 1.54) is 5.39 Å². The van der Waals surface area contributed by atoms with Gasteiger partial charge in [-0.2, -0.15) is 0 Å². The van der Waals surface area contributed by atoms with Crippen LogP contribution in [0.2, 0.25) is 0 Å². The fraction of sp³-hybridized carbons (Fsp3) is 0.0625. The Bertz CT molecular complexity index is 762. The van der Waals surface area contributed by atoms with Crippen LogP contribution in [0.15, 0.2) is 54.6 Å². The van der Waals surface area contributed by atoms with Crippen LogP contribution in [-0.2, 0) is 11.3 Å². The second-order valence-corrected chi connectivity index (χ2v) is 4.35. The molecule has 0 bridgehead atoms. The maximum absolute atomic E-state index is 10.5. The Hall–Kier alpha value is -2.55. The third-order valence-electron chi connectivity index (χ3n) is 3.23. The number of benzene rings is 3. The van der Waals surface area contributed by atoms with Gasteiger partial charge in [0.2, 0.25) is 0 Å². The Balaban J connectivity index is 2.20. The van der Waals surface area contributed by atoms with Crippen molar-refractivity contribution in [1.82, 2.24) is 0 Å². The molecule has 0 unspecified atom stereocenters. The molecule has 19 heavy (non-hydrogen) atoms. The molecule has 0 fully saturated rings. The van der Waals surface area contributed by atoms with Crippen LogP contribution in [-0.4, -0.2) is 11.3 Å². The largest absolute Gasteiger partial charge is 0.506 e. The molecule has 0 heterocycles. The molecular formula is C16H12O3. The Morgan fingerprint density at radius 1 is 0.895 bits per heavy atom. The number of hydrogen-bond donors (Lipinski definition) is 1. The zero-order valence-electron chi connectivity index (χ0n) is 10.2. The second-order valence-electron chi connectivity index (χ2n) is 4.35. The molecule has 3 aromatic rings. The van der Waals surface area contributed by atoms with Gasteiger partial charge >= 0.3 is 6.16 Å². The van der Waals surface area contributed by atoms with Crippen molar-refractivity contribution in [1.29, 1.82) is 0 Å². The summed E-state index contributed by atoms with van der Waals surface area (Å²) < 4.78 is 4.66. The topological polar surface area (TPSA) is 46.5 Å². The van der Waals surface area contributed by atoms with Gasteiger partial charge in [-0.25, -0.2) is 4.79 Å². The predicted octanol–water partition coefficient (Wildman–Crippen LogP) is 4.19. The van der Waals surface area contributed by atoms with Crippen molar-refractivity contribution < 1.29 is 14.6 Å². The van der Waals surface area contributed by atoms with E-state index in [4.69, 9.17) is 5.11 Å². The molecule has 1 N–H and O–H groups in total. The summed E-state index contributed by atoms with van der Waals surface area (Å²) in [6, 6.07) is 18.1. The lowest BCUT2D eigenvalue weighted by molar-refractivity contribution is 0.0857. The molecule has 0 atom stereocenters. The number of hydrogen-bond acceptors (Lipinski definition) is 2. The predicted molar refractivity (Wildman–Crippen MR) is 74.3 cm³/mol. The van der Waals surface area contributed by atoms with E-state index in [9.17, 15) is 4.79 Å². The monoisotopic (exact) mass is 252 g/mol. The minimum absolute atomic E-state index is 0.0744. The van der Waals surface area contributed by atoms with Gasteiger partial charge in [0.15, 0.2) is 0 Å². The van der Waals surface area contributed by atoms with E-state index in [0.717, 1.165) is 21.7 Å². The summed E-state index contributed by atoms with van der Waals surface area (Å²) in [6.45, 7) is 0.0744. The summed E-state index contributed by atoms with van der Waals surface area (Å²) in [4.78, 5) is 10.5. The number of carboxylic acid groups (broad SMARTS) is 1. The Morgan fingerprint density at radius 2 is 1.68 bits per heavy atom. The lowest BCUT2D eigenvalue weighted by atomic mass is 9.99. The van der Waals surface area contributed by atoms with E-state index >= 15 is 0 Å². The summed E-state index contributed by atoms with van der Waals surface area (Å²) in [7, 11) is 0. The molecule has 0 aliphatic rings. The van der Waals surface area contributed by atoms with Crippen molar-refractivity contribution in [2.24, 2.45) is 0 Å².